The van der Waals surface area contributed by atoms with Crippen LogP contribution in [0.1, 0.15) is 16.3 Å². The van der Waals surface area contributed by atoms with Crippen molar-refractivity contribution >= 4 is 44.4 Å². The summed E-state index contributed by atoms with van der Waals surface area (Å²) in [5.74, 6) is 2.60. The van der Waals surface area contributed by atoms with Crippen molar-refractivity contribution in [2.24, 2.45) is 0 Å². The Bertz CT molecular complexity index is 1270. The number of pyridine rings is 1. The third-order valence-electron chi connectivity index (χ3n) is 4.80. The van der Waals surface area contributed by atoms with Gasteiger partial charge in [0.15, 0.2) is 11.5 Å². The Morgan fingerprint density at radius 1 is 1.07 bits per heavy atom. The van der Waals surface area contributed by atoms with E-state index < -0.39 is 0 Å². The number of nitrogens with one attached hydrogen (secondary N) is 1. The second-order valence-electron chi connectivity index (χ2n) is 6.56. The van der Waals surface area contributed by atoms with Crippen molar-refractivity contribution in [2.45, 2.75) is 20.3 Å². The van der Waals surface area contributed by atoms with Crippen molar-refractivity contribution in [1.82, 2.24) is 24.6 Å². The lowest BCUT2D eigenvalue weighted by atomic mass is 10.2. The smallest absolute Gasteiger partial charge is 0.173 e. The van der Waals surface area contributed by atoms with Gasteiger partial charge in [-0.1, -0.05) is 12.1 Å². The number of hydrogen-bond acceptors (Lipinski definition) is 7. The summed E-state index contributed by atoms with van der Waals surface area (Å²) < 4.78 is 2.02. The van der Waals surface area contributed by atoms with Crippen molar-refractivity contribution in [3.05, 3.63) is 58.2 Å². The van der Waals surface area contributed by atoms with Crippen LogP contribution in [0.15, 0.2) is 41.9 Å². The molecule has 0 aliphatic heterocycles. The molecule has 5 rings (SSSR count). The Hall–Kier alpha value is -2.84. The van der Waals surface area contributed by atoms with Gasteiger partial charge >= 0.3 is 0 Å². The van der Waals surface area contributed by atoms with Crippen LogP contribution in [0.2, 0.25) is 0 Å². The van der Waals surface area contributed by atoms with E-state index in [-0.39, 0.29) is 0 Å². The zero-order valence-electron chi connectivity index (χ0n) is 15.5. The molecule has 28 heavy (non-hydrogen) atoms. The molecule has 6 nitrogen and oxygen atoms in total. The summed E-state index contributed by atoms with van der Waals surface area (Å²) in [5.41, 5.74) is 2.11. The van der Waals surface area contributed by atoms with Crippen LogP contribution in [-0.2, 0) is 6.42 Å². The highest BCUT2D eigenvalue weighted by molar-refractivity contribution is 7.19. The maximum absolute atomic E-state index is 4.85. The molecule has 0 aromatic carbocycles. The minimum absolute atomic E-state index is 0.722. The predicted molar refractivity (Wildman–Crippen MR) is 115 cm³/mol. The molecule has 0 bridgehead atoms. The molecule has 0 aliphatic rings. The van der Waals surface area contributed by atoms with Crippen LogP contribution in [0.25, 0.3) is 26.6 Å². The number of fused-ring (bicyclic) bond motifs is 2. The molecular weight excluding hydrogens is 388 g/mol. The number of aromatic nitrogens is 5. The first-order valence-corrected chi connectivity index (χ1v) is 10.7. The number of rotatable bonds is 5. The number of aryl methyl sites for hydroxylation is 2. The third-order valence-corrected chi connectivity index (χ3v) is 6.76. The highest BCUT2D eigenvalue weighted by Gasteiger charge is 2.16. The van der Waals surface area contributed by atoms with Gasteiger partial charge in [-0.3, -0.25) is 4.40 Å². The first-order chi connectivity index (χ1) is 13.7. The second kappa shape index (κ2) is 6.96. The van der Waals surface area contributed by atoms with E-state index in [4.69, 9.17) is 9.97 Å². The predicted octanol–water partition coefficient (Wildman–Crippen LogP) is 4.73. The van der Waals surface area contributed by atoms with Gasteiger partial charge in [0.05, 0.1) is 10.3 Å². The van der Waals surface area contributed by atoms with E-state index in [0.717, 1.165) is 51.2 Å². The molecule has 8 heteroatoms. The molecule has 0 saturated carbocycles. The largest absolute Gasteiger partial charge is 0.369 e. The highest BCUT2D eigenvalue weighted by Crippen LogP contribution is 2.35. The number of hydrogen-bond donors (Lipinski definition) is 1. The molecule has 0 amide bonds. The van der Waals surface area contributed by atoms with Crippen LogP contribution in [0.4, 0.5) is 5.82 Å². The maximum Gasteiger partial charge on any atom is 0.173 e. The fourth-order valence-corrected chi connectivity index (χ4v) is 4.93. The van der Waals surface area contributed by atoms with Crippen molar-refractivity contribution in [2.75, 3.05) is 11.9 Å². The average Bonchev–Trinajstić information content (AvgIpc) is 3.43. The van der Waals surface area contributed by atoms with Gasteiger partial charge in [0.25, 0.3) is 0 Å². The standard InChI is InChI=1S/C20H18N6S2/c1-12-13(2)28-20-17(12)19(22-18(23-20)14-6-5-11-27-14)21-9-8-16-25-24-15-7-3-4-10-26(15)16/h3-7,10-11H,8-9H2,1-2H3,(H,21,22,23). The summed E-state index contributed by atoms with van der Waals surface area (Å²) in [6.45, 7) is 5.00. The van der Waals surface area contributed by atoms with Crippen LogP contribution in [0.5, 0.6) is 0 Å². The van der Waals surface area contributed by atoms with E-state index in [1.54, 1.807) is 22.7 Å². The summed E-state index contributed by atoms with van der Waals surface area (Å²) >= 11 is 3.38. The monoisotopic (exact) mass is 406 g/mol. The Balaban J connectivity index is 1.47. The molecule has 1 N–H and O–H groups in total. The molecule has 0 fully saturated rings. The summed E-state index contributed by atoms with van der Waals surface area (Å²) in [5, 5.41) is 15.2. The fraction of sp³-hybridized carbons (Fsp3) is 0.200. The minimum atomic E-state index is 0.722. The van der Waals surface area contributed by atoms with Crippen LogP contribution in [0, 0.1) is 13.8 Å². The second-order valence-corrected chi connectivity index (χ2v) is 8.71. The molecule has 0 atom stereocenters. The first kappa shape index (κ1) is 17.3. The normalized spacial score (nSPS) is 11.5. The molecule has 0 aliphatic carbocycles. The number of anilines is 1. The van der Waals surface area contributed by atoms with Gasteiger partial charge in [0, 0.05) is 24.0 Å². The number of nitrogens with zero attached hydrogens (tertiary/aromatic N) is 5. The topological polar surface area (TPSA) is 68.0 Å². The van der Waals surface area contributed by atoms with Crippen molar-refractivity contribution in [1.29, 1.82) is 0 Å². The third kappa shape index (κ3) is 2.94. The van der Waals surface area contributed by atoms with Gasteiger partial charge in [-0.25, -0.2) is 9.97 Å². The van der Waals surface area contributed by atoms with Gasteiger partial charge in [-0.05, 0) is 43.0 Å². The summed E-state index contributed by atoms with van der Waals surface area (Å²) in [7, 11) is 0. The van der Waals surface area contributed by atoms with Crippen LogP contribution in [0.3, 0.4) is 0 Å². The Morgan fingerprint density at radius 3 is 2.86 bits per heavy atom. The van der Waals surface area contributed by atoms with E-state index >= 15 is 0 Å². The summed E-state index contributed by atoms with van der Waals surface area (Å²) in [4.78, 5) is 13.0. The van der Waals surface area contributed by atoms with Crippen molar-refractivity contribution < 1.29 is 0 Å². The summed E-state index contributed by atoms with van der Waals surface area (Å²) in [6.07, 6.45) is 2.75. The average molecular weight is 407 g/mol. The molecule has 140 valence electrons. The lowest BCUT2D eigenvalue weighted by Gasteiger charge is -2.09. The molecule has 0 radical (unpaired) electrons. The van der Waals surface area contributed by atoms with E-state index in [0.29, 0.717) is 0 Å². The van der Waals surface area contributed by atoms with Crippen molar-refractivity contribution in [3.8, 4) is 10.7 Å². The zero-order chi connectivity index (χ0) is 19.1. The number of thiophene rings is 2. The zero-order valence-corrected chi connectivity index (χ0v) is 17.1. The van der Waals surface area contributed by atoms with Gasteiger partial charge in [-0.2, -0.15) is 0 Å². The Morgan fingerprint density at radius 2 is 2.00 bits per heavy atom. The molecule has 5 aromatic heterocycles. The molecular formula is C20H18N6S2. The maximum atomic E-state index is 4.85. The molecule has 0 unspecified atom stereocenters. The van der Waals surface area contributed by atoms with E-state index in [9.17, 15) is 0 Å². The SMILES string of the molecule is Cc1sc2nc(-c3cccs3)nc(NCCc3nnc4ccccn34)c2c1C. The molecule has 5 heterocycles. The fourth-order valence-electron chi connectivity index (χ4n) is 3.25. The van der Waals surface area contributed by atoms with E-state index in [2.05, 4.69) is 40.8 Å². The molecule has 0 saturated heterocycles. The van der Waals surface area contributed by atoms with Crippen molar-refractivity contribution in [3.63, 3.8) is 0 Å². The van der Waals surface area contributed by atoms with Crippen LogP contribution < -0.4 is 5.32 Å². The summed E-state index contributed by atoms with van der Waals surface area (Å²) in [6, 6.07) is 10.0. The minimum Gasteiger partial charge on any atom is -0.369 e. The van der Waals surface area contributed by atoms with Gasteiger partial charge < -0.3 is 5.32 Å². The molecule has 5 aromatic rings. The van der Waals surface area contributed by atoms with E-state index in [1.165, 1.54) is 10.4 Å². The first-order valence-electron chi connectivity index (χ1n) is 9.05. The molecule has 0 spiro atoms. The lowest BCUT2D eigenvalue weighted by molar-refractivity contribution is 0.868. The van der Waals surface area contributed by atoms with Crippen LogP contribution in [-0.4, -0.2) is 31.1 Å². The van der Waals surface area contributed by atoms with Gasteiger partial charge in [0.2, 0.25) is 0 Å². The van der Waals surface area contributed by atoms with Crippen LogP contribution >= 0.6 is 22.7 Å². The quantitative estimate of drug-likeness (QED) is 0.457. The van der Waals surface area contributed by atoms with Gasteiger partial charge in [0.1, 0.15) is 16.5 Å². The van der Waals surface area contributed by atoms with Gasteiger partial charge in [-0.15, -0.1) is 32.9 Å². The Labute approximate surface area is 169 Å². The Kier molecular flexibility index (Phi) is 4.29. The van der Waals surface area contributed by atoms with E-state index in [1.807, 2.05) is 34.9 Å². The lowest BCUT2D eigenvalue weighted by Crippen LogP contribution is -2.10. The highest BCUT2D eigenvalue weighted by atomic mass is 32.1.